The van der Waals surface area contributed by atoms with Crippen molar-refractivity contribution < 1.29 is 9.18 Å². The second-order valence-electron chi connectivity index (χ2n) is 6.73. The predicted octanol–water partition coefficient (Wildman–Crippen LogP) is 1.16. The van der Waals surface area contributed by atoms with Crippen LogP contribution >= 0.6 is 0 Å². The molecule has 0 fully saturated rings. The molecule has 1 N–H and O–H groups in total. The third kappa shape index (κ3) is 3.83. The number of carbonyl (C=O) groups is 1. The van der Waals surface area contributed by atoms with Crippen molar-refractivity contribution in [2.45, 2.75) is 38.4 Å². The molecule has 144 valence electrons. The van der Waals surface area contributed by atoms with Gasteiger partial charge in [0.05, 0.1) is 6.54 Å². The topological polar surface area (TPSA) is 94.7 Å². The van der Waals surface area contributed by atoms with Crippen molar-refractivity contribution in [3.63, 3.8) is 0 Å². The van der Waals surface area contributed by atoms with Crippen LogP contribution in [0.5, 0.6) is 0 Å². The molecule has 0 spiro atoms. The Morgan fingerprint density at radius 3 is 2.79 bits per heavy atom. The highest BCUT2D eigenvalue weighted by Crippen LogP contribution is 2.13. The van der Waals surface area contributed by atoms with Gasteiger partial charge in [0.15, 0.2) is 0 Å². The third-order valence-corrected chi connectivity index (χ3v) is 4.81. The first-order valence-corrected chi connectivity index (χ1v) is 9.08. The molecule has 0 saturated carbocycles. The van der Waals surface area contributed by atoms with Gasteiger partial charge in [0.2, 0.25) is 0 Å². The number of amides is 1. The number of hydrogen-bond donors (Lipinski definition) is 1. The maximum absolute atomic E-state index is 13.0. The highest BCUT2D eigenvalue weighted by molar-refractivity contribution is 5.92. The molecule has 28 heavy (non-hydrogen) atoms. The monoisotopic (exact) mass is 382 g/mol. The smallest absolute Gasteiger partial charge is 0.346 e. The van der Waals surface area contributed by atoms with Gasteiger partial charge in [-0.1, -0.05) is 12.1 Å². The lowest BCUT2D eigenvalue weighted by Crippen LogP contribution is -2.36. The number of nitrogens with one attached hydrogen (secondary N) is 1. The summed E-state index contributed by atoms with van der Waals surface area (Å²) in [5.74, 6) is 0.137. The summed E-state index contributed by atoms with van der Waals surface area (Å²) in [6.07, 6.45) is 4.76. The lowest BCUT2D eigenvalue weighted by atomic mass is 10.1. The molecule has 3 heterocycles. The number of hydrogen-bond acceptors (Lipinski definition) is 5. The Balaban J connectivity index is 1.43. The van der Waals surface area contributed by atoms with Gasteiger partial charge in [0.1, 0.15) is 23.7 Å². The average molecular weight is 382 g/mol. The lowest BCUT2D eigenvalue weighted by molar-refractivity contribution is 0.0927. The molecule has 1 aliphatic heterocycles. The van der Waals surface area contributed by atoms with Crippen molar-refractivity contribution in [3.05, 3.63) is 76.2 Å². The quantitative estimate of drug-likeness (QED) is 0.731. The second kappa shape index (κ2) is 7.71. The van der Waals surface area contributed by atoms with Crippen molar-refractivity contribution in [3.8, 4) is 0 Å². The van der Waals surface area contributed by atoms with Gasteiger partial charge in [-0.15, -0.1) is 0 Å². The summed E-state index contributed by atoms with van der Waals surface area (Å²) in [7, 11) is 0. The standard InChI is InChI=1S/C19H19FN6O2/c20-14-3-1-13(2-4-14)11-26-19(28)25-10-8-15(5-6-17(25)24-26)23-18(27)16-7-9-21-12-22-16/h1-4,7,9,12,15H,5-6,8,10-11H2,(H,23,27). The average Bonchev–Trinajstić information content (AvgIpc) is 2.87. The van der Waals surface area contributed by atoms with Crippen LogP contribution in [0, 0.1) is 5.82 Å². The van der Waals surface area contributed by atoms with Crippen molar-refractivity contribution in [1.82, 2.24) is 29.6 Å². The van der Waals surface area contributed by atoms with Gasteiger partial charge in [-0.2, -0.15) is 5.10 Å². The summed E-state index contributed by atoms with van der Waals surface area (Å²) >= 11 is 0. The summed E-state index contributed by atoms with van der Waals surface area (Å²) in [5.41, 5.74) is 0.937. The number of nitrogens with zero attached hydrogens (tertiary/aromatic N) is 5. The van der Waals surface area contributed by atoms with Crippen molar-refractivity contribution in [2.75, 3.05) is 0 Å². The zero-order valence-corrected chi connectivity index (χ0v) is 15.1. The molecule has 9 heteroatoms. The molecule has 1 unspecified atom stereocenters. The van der Waals surface area contributed by atoms with Crippen LogP contribution in [0.25, 0.3) is 0 Å². The number of carbonyl (C=O) groups excluding carboxylic acids is 1. The normalized spacial score (nSPS) is 16.2. The SMILES string of the molecule is O=C(NC1CCc2nn(Cc3ccc(F)cc3)c(=O)n2CC1)c1ccncn1. The summed E-state index contributed by atoms with van der Waals surface area (Å²) in [6, 6.07) is 7.52. The van der Waals surface area contributed by atoms with Gasteiger partial charge in [0, 0.05) is 25.2 Å². The van der Waals surface area contributed by atoms with Crippen LogP contribution in [-0.2, 0) is 19.5 Å². The van der Waals surface area contributed by atoms with E-state index in [-0.39, 0.29) is 23.5 Å². The minimum Gasteiger partial charge on any atom is -0.348 e. The molecular weight excluding hydrogens is 363 g/mol. The highest BCUT2D eigenvalue weighted by atomic mass is 19.1. The van der Waals surface area contributed by atoms with Gasteiger partial charge < -0.3 is 5.32 Å². The first kappa shape index (κ1) is 18.0. The Labute approximate surface area is 160 Å². The zero-order valence-electron chi connectivity index (χ0n) is 15.1. The molecular formula is C19H19FN6O2. The van der Waals surface area contributed by atoms with Crippen molar-refractivity contribution in [2.24, 2.45) is 0 Å². The van der Waals surface area contributed by atoms with E-state index < -0.39 is 0 Å². The fraction of sp³-hybridized carbons (Fsp3) is 0.316. The Hall–Kier alpha value is -3.36. The molecule has 8 nitrogen and oxygen atoms in total. The van der Waals surface area contributed by atoms with E-state index in [2.05, 4.69) is 20.4 Å². The number of fused-ring (bicyclic) bond motifs is 1. The number of halogens is 1. The van der Waals surface area contributed by atoms with Gasteiger partial charge in [-0.3, -0.25) is 9.36 Å². The van der Waals surface area contributed by atoms with E-state index in [1.807, 2.05) is 0 Å². The molecule has 4 rings (SSSR count). The number of rotatable bonds is 4. The van der Waals surface area contributed by atoms with Gasteiger partial charge >= 0.3 is 5.69 Å². The minimum atomic E-state index is -0.313. The molecule has 0 saturated heterocycles. The highest BCUT2D eigenvalue weighted by Gasteiger charge is 2.22. The molecule has 1 aliphatic rings. The molecule has 1 aromatic carbocycles. The van der Waals surface area contributed by atoms with Gasteiger partial charge in [0.25, 0.3) is 5.91 Å². The van der Waals surface area contributed by atoms with E-state index in [0.717, 1.165) is 5.56 Å². The first-order valence-electron chi connectivity index (χ1n) is 9.08. The minimum absolute atomic E-state index is 0.0610. The van der Waals surface area contributed by atoms with Crippen molar-refractivity contribution in [1.29, 1.82) is 0 Å². The van der Waals surface area contributed by atoms with E-state index >= 15 is 0 Å². The number of aryl methyl sites for hydroxylation is 1. The van der Waals surface area contributed by atoms with Crippen LogP contribution in [0.1, 0.15) is 34.7 Å². The maximum Gasteiger partial charge on any atom is 0.346 e. The maximum atomic E-state index is 13.0. The van der Waals surface area contributed by atoms with Crippen LogP contribution in [0.3, 0.4) is 0 Å². The van der Waals surface area contributed by atoms with Crippen LogP contribution < -0.4 is 11.0 Å². The molecule has 0 radical (unpaired) electrons. The number of aromatic nitrogens is 5. The largest absolute Gasteiger partial charge is 0.348 e. The van der Waals surface area contributed by atoms with Crippen molar-refractivity contribution >= 4 is 5.91 Å². The van der Waals surface area contributed by atoms with Gasteiger partial charge in [-0.05, 0) is 36.6 Å². The Morgan fingerprint density at radius 1 is 1.21 bits per heavy atom. The van der Waals surface area contributed by atoms with E-state index in [1.54, 1.807) is 22.8 Å². The fourth-order valence-electron chi connectivity index (χ4n) is 3.32. The van der Waals surface area contributed by atoms with E-state index in [1.165, 1.54) is 29.3 Å². The molecule has 3 aromatic rings. The van der Waals surface area contributed by atoms with E-state index in [0.29, 0.717) is 43.9 Å². The molecule has 0 aliphatic carbocycles. The third-order valence-electron chi connectivity index (χ3n) is 4.81. The Bertz CT molecular complexity index is 1030. The molecule has 1 atom stereocenters. The van der Waals surface area contributed by atoms with Crippen LogP contribution in [0.15, 0.2) is 47.7 Å². The zero-order chi connectivity index (χ0) is 19.5. The summed E-state index contributed by atoms with van der Waals surface area (Å²) < 4.78 is 16.1. The van der Waals surface area contributed by atoms with Crippen LogP contribution in [-0.4, -0.2) is 36.3 Å². The fourth-order valence-corrected chi connectivity index (χ4v) is 3.32. The number of benzene rings is 1. The summed E-state index contributed by atoms with van der Waals surface area (Å²) in [5, 5.41) is 7.40. The molecule has 0 bridgehead atoms. The lowest BCUT2D eigenvalue weighted by Gasteiger charge is -2.15. The van der Waals surface area contributed by atoms with E-state index in [9.17, 15) is 14.0 Å². The molecule has 1 amide bonds. The Morgan fingerprint density at radius 2 is 2.04 bits per heavy atom. The van der Waals surface area contributed by atoms with Crippen LogP contribution in [0.2, 0.25) is 0 Å². The molecule has 2 aromatic heterocycles. The predicted molar refractivity (Wildman–Crippen MR) is 98.2 cm³/mol. The summed E-state index contributed by atoms with van der Waals surface area (Å²) in [6.45, 7) is 0.777. The first-order chi connectivity index (χ1) is 13.6. The Kier molecular flexibility index (Phi) is 4.96. The second-order valence-corrected chi connectivity index (χ2v) is 6.73. The van der Waals surface area contributed by atoms with Gasteiger partial charge in [-0.25, -0.2) is 23.8 Å². The summed E-state index contributed by atoms with van der Waals surface area (Å²) in [4.78, 5) is 32.7. The van der Waals surface area contributed by atoms with E-state index in [4.69, 9.17) is 0 Å². The van der Waals surface area contributed by atoms with Crippen LogP contribution in [0.4, 0.5) is 4.39 Å².